The van der Waals surface area contributed by atoms with Gasteiger partial charge in [-0.1, -0.05) is 80.9 Å². The van der Waals surface area contributed by atoms with Crippen molar-refractivity contribution in [3.8, 4) is 0 Å². The van der Waals surface area contributed by atoms with Gasteiger partial charge in [0.15, 0.2) is 11.6 Å². The van der Waals surface area contributed by atoms with Gasteiger partial charge in [0, 0.05) is 44.3 Å². The minimum Gasteiger partial charge on any atom is -0.346 e. The van der Waals surface area contributed by atoms with Crippen molar-refractivity contribution in [3.63, 3.8) is 0 Å². The summed E-state index contributed by atoms with van der Waals surface area (Å²) in [7, 11) is 0. The zero-order valence-corrected chi connectivity index (χ0v) is 27.8. The number of ketones is 2. The van der Waals surface area contributed by atoms with Crippen LogP contribution in [0.5, 0.6) is 0 Å². The van der Waals surface area contributed by atoms with Crippen LogP contribution < -0.4 is 22.1 Å². The molecule has 0 saturated carbocycles. The Morgan fingerprint density at radius 1 is 0.826 bits per heavy atom. The van der Waals surface area contributed by atoms with E-state index in [2.05, 4.69) is 10.6 Å². The van der Waals surface area contributed by atoms with Crippen molar-refractivity contribution in [3.05, 3.63) is 71.8 Å². The van der Waals surface area contributed by atoms with Gasteiger partial charge in [-0.2, -0.15) is 0 Å². The largest absolute Gasteiger partial charge is 0.346 e. The molecule has 2 aromatic carbocycles. The summed E-state index contributed by atoms with van der Waals surface area (Å²) in [5.74, 6) is -1.69. The number of hydrogen-bond acceptors (Lipinski definition) is 7. The zero-order chi connectivity index (χ0) is 33.3. The van der Waals surface area contributed by atoms with Crippen LogP contribution in [0.1, 0.15) is 69.9 Å². The van der Waals surface area contributed by atoms with Gasteiger partial charge in [0.2, 0.25) is 11.8 Å². The summed E-state index contributed by atoms with van der Waals surface area (Å²) in [5.41, 5.74) is 14.0. The van der Waals surface area contributed by atoms with Gasteiger partial charge in [-0.05, 0) is 68.7 Å². The number of carbonyl (C=O) groups excluding carboxylic acids is 4. The first-order valence-electron chi connectivity index (χ1n) is 17.1. The van der Waals surface area contributed by atoms with E-state index in [1.165, 1.54) is 0 Å². The number of hydrogen-bond donors (Lipinski definition) is 4. The summed E-state index contributed by atoms with van der Waals surface area (Å²) in [6, 6.07) is 17.7. The van der Waals surface area contributed by atoms with E-state index in [1.807, 2.05) is 79.4 Å². The molecule has 0 spiro atoms. The Morgan fingerprint density at radius 3 is 2.09 bits per heavy atom. The predicted octanol–water partition coefficient (Wildman–Crippen LogP) is 3.43. The van der Waals surface area contributed by atoms with E-state index < -0.39 is 23.9 Å². The lowest BCUT2D eigenvalue weighted by molar-refractivity contribution is -0.139. The Balaban J connectivity index is 1.76. The molecule has 0 unspecified atom stereocenters. The molecule has 6 N–H and O–H groups in total. The fourth-order valence-corrected chi connectivity index (χ4v) is 6.12. The minimum atomic E-state index is -0.755. The van der Waals surface area contributed by atoms with Gasteiger partial charge in [-0.15, -0.1) is 0 Å². The molecule has 0 aromatic heterocycles. The molecule has 0 bridgehead atoms. The minimum absolute atomic E-state index is 0.00338. The lowest BCUT2D eigenvalue weighted by Gasteiger charge is -2.28. The molecule has 1 aliphatic rings. The molecule has 0 aliphatic carbocycles. The number of rotatable bonds is 19. The maximum absolute atomic E-state index is 13.9. The molecule has 46 heavy (non-hydrogen) atoms. The van der Waals surface area contributed by atoms with Crippen LogP contribution in [0.3, 0.4) is 0 Å². The molecule has 3 rings (SSSR count). The molecule has 252 valence electrons. The fraction of sp³-hybridized carbons (Fsp3) is 0.568. The second-order valence-electron chi connectivity index (χ2n) is 13.1. The number of nitrogens with zero attached hydrogens (tertiary/aromatic N) is 1. The molecule has 1 aliphatic heterocycles. The maximum Gasteiger partial charge on any atom is 0.226 e. The number of amides is 2. The molecule has 9 heteroatoms. The van der Waals surface area contributed by atoms with E-state index >= 15 is 0 Å². The van der Waals surface area contributed by atoms with Crippen LogP contribution in [0.2, 0.25) is 0 Å². The van der Waals surface area contributed by atoms with E-state index in [-0.39, 0.29) is 42.1 Å². The van der Waals surface area contributed by atoms with Crippen molar-refractivity contribution in [1.29, 1.82) is 0 Å². The number of Topliss-reactive ketones (excluding diaryl/α,β-unsaturated/α-hetero) is 2. The fourth-order valence-electron chi connectivity index (χ4n) is 6.12. The lowest BCUT2D eigenvalue weighted by atomic mass is 9.87. The Kier molecular flexibility index (Phi) is 16.1. The molecule has 1 fully saturated rings. The van der Waals surface area contributed by atoms with Crippen molar-refractivity contribution >= 4 is 23.4 Å². The van der Waals surface area contributed by atoms with E-state index in [0.29, 0.717) is 45.3 Å². The normalized spacial score (nSPS) is 16.2. The lowest BCUT2D eigenvalue weighted by Crippen LogP contribution is -2.47. The third-order valence-electron chi connectivity index (χ3n) is 8.72. The summed E-state index contributed by atoms with van der Waals surface area (Å²) in [6.07, 6.45) is 4.22. The Morgan fingerprint density at radius 2 is 1.46 bits per heavy atom. The predicted molar refractivity (Wildman–Crippen MR) is 183 cm³/mol. The van der Waals surface area contributed by atoms with E-state index in [4.69, 9.17) is 11.5 Å². The zero-order valence-electron chi connectivity index (χ0n) is 27.8. The van der Waals surface area contributed by atoms with Gasteiger partial charge in [0.25, 0.3) is 0 Å². The number of benzene rings is 2. The van der Waals surface area contributed by atoms with Gasteiger partial charge in [-0.3, -0.25) is 19.2 Å². The highest BCUT2D eigenvalue weighted by atomic mass is 16.2. The first-order chi connectivity index (χ1) is 22.2. The summed E-state index contributed by atoms with van der Waals surface area (Å²) in [5, 5.41) is 6.36. The summed E-state index contributed by atoms with van der Waals surface area (Å²) in [6.45, 7) is 7.44. The first-order valence-corrected chi connectivity index (χ1v) is 17.1. The van der Waals surface area contributed by atoms with E-state index in [9.17, 15) is 19.2 Å². The van der Waals surface area contributed by atoms with Gasteiger partial charge in [0.1, 0.15) is 0 Å². The maximum atomic E-state index is 13.9. The van der Waals surface area contributed by atoms with Crippen molar-refractivity contribution in [2.45, 2.75) is 83.7 Å². The van der Waals surface area contributed by atoms with Crippen molar-refractivity contribution < 1.29 is 19.2 Å². The van der Waals surface area contributed by atoms with Crippen LogP contribution in [0, 0.1) is 17.8 Å². The summed E-state index contributed by atoms with van der Waals surface area (Å²) < 4.78 is 0. The van der Waals surface area contributed by atoms with Crippen molar-refractivity contribution in [2.24, 2.45) is 29.2 Å². The molecule has 2 aromatic rings. The molecule has 2 amide bonds. The number of carbonyl (C=O) groups is 4. The topological polar surface area (TPSA) is 148 Å². The molecule has 1 saturated heterocycles. The smallest absolute Gasteiger partial charge is 0.226 e. The molecule has 0 radical (unpaired) electrons. The number of unbranched alkanes of at least 4 members (excludes halogenated alkanes) is 1. The van der Waals surface area contributed by atoms with Crippen LogP contribution in [0.15, 0.2) is 60.7 Å². The number of nitrogens with two attached hydrogens (primary N) is 2. The third-order valence-corrected chi connectivity index (χ3v) is 8.72. The van der Waals surface area contributed by atoms with Crippen LogP contribution in [0.4, 0.5) is 0 Å². The average Bonchev–Trinajstić information content (AvgIpc) is 3.34. The molecular formula is C37H55N5O4. The SMILES string of the molecule is CC(C)C[C@@H](NC(=O)[C@H](CC(=O)[C@H](N)Cc1ccccc1)Cc1ccccc1)C(=O)C[C@H](CCCCN)C(=O)N1CCCNCC1. The highest BCUT2D eigenvalue weighted by molar-refractivity contribution is 5.94. The highest BCUT2D eigenvalue weighted by Gasteiger charge is 2.33. The monoisotopic (exact) mass is 633 g/mol. The van der Waals surface area contributed by atoms with Crippen molar-refractivity contribution in [2.75, 3.05) is 32.7 Å². The molecular weight excluding hydrogens is 578 g/mol. The molecule has 9 nitrogen and oxygen atoms in total. The van der Waals surface area contributed by atoms with E-state index in [1.54, 1.807) is 0 Å². The van der Waals surface area contributed by atoms with Crippen LogP contribution in [-0.4, -0.2) is 73.1 Å². The highest BCUT2D eigenvalue weighted by Crippen LogP contribution is 2.22. The third kappa shape index (κ3) is 12.8. The quantitative estimate of drug-likeness (QED) is 0.173. The van der Waals surface area contributed by atoms with Gasteiger partial charge < -0.3 is 27.0 Å². The standard InChI is InChI=1S/C37H55N5O4/c1-27(2)22-33(35(44)25-30(16-9-10-17-38)37(46)42-20-11-18-40-19-21-42)41-36(45)31(23-28-12-5-3-6-13-28)26-34(43)32(39)24-29-14-7-4-8-15-29/h3-8,12-15,27,30-33,40H,9-11,16-26,38-39H2,1-2H3,(H,41,45)/t30-,31-,32+,33+/m0/s1. The van der Waals surface area contributed by atoms with E-state index in [0.717, 1.165) is 43.5 Å². The molecule has 4 atom stereocenters. The Hall–Kier alpha value is -3.40. The van der Waals surface area contributed by atoms with Gasteiger partial charge in [-0.25, -0.2) is 0 Å². The molecule has 1 heterocycles. The van der Waals surface area contributed by atoms with Crippen molar-refractivity contribution in [1.82, 2.24) is 15.5 Å². The van der Waals surface area contributed by atoms with Crippen LogP contribution >= 0.6 is 0 Å². The number of nitrogens with one attached hydrogen (secondary N) is 2. The van der Waals surface area contributed by atoms with Crippen LogP contribution in [0.25, 0.3) is 0 Å². The Labute approximate surface area is 275 Å². The van der Waals surface area contributed by atoms with Gasteiger partial charge in [0.05, 0.1) is 12.1 Å². The summed E-state index contributed by atoms with van der Waals surface area (Å²) in [4.78, 5) is 56.7. The second kappa shape index (κ2) is 20.0. The average molecular weight is 634 g/mol. The second-order valence-corrected chi connectivity index (χ2v) is 13.1. The van der Waals surface area contributed by atoms with Gasteiger partial charge >= 0.3 is 0 Å². The Bertz CT molecular complexity index is 1210. The summed E-state index contributed by atoms with van der Waals surface area (Å²) >= 11 is 0. The van der Waals surface area contributed by atoms with Crippen LogP contribution in [-0.2, 0) is 32.0 Å². The first kappa shape index (κ1) is 37.1.